The first kappa shape index (κ1) is 14.1. The Morgan fingerprint density at radius 2 is 2.18 bits per heavy atom. The van der Waals surface area contributed by atoms with Crippen LogP contribution in [0.5, 0.6) is 0 Å². The van der Waals surface area contributed by atoms with Gasteiger partial charge in [-0.25, -0.2) is 10.6 Å². The summed E-state index contributed by atoms with van der Waals surface area (Å²) in [6, 6.07) is -0.163. The molecule has 0 aliphatic carbocycles. The maximum absolute atomic E-state index is 11.9. The van der Waals surface area contributed by atoms with Crippen molar-refractivity contribution in [1.29, 1.82) is 0 Å². The maximum atomic E-state index is 11.9. The third kappa shape index (κ3) is 4.09. The van der Waals surface area contributed by atoms with Crippen LogP contribution in [-0.2, 0) is 14.4 Å². The van der Waals surface area contributed by atoms with E-state index in [0.717, 1.165) is 0 Å². The Morgan fingerprint density at radius 1 is 1.53 bits per heavy atom. The van der Waals surface area contributed by atoms with Crippen LogP contribution < -0.4 is 17.1 Å². The summed E-state index contributed by atoms with van der Waals surface area (Å²) < 4.78 is 40.7. The third-order valence-corrected chi connectivity index (χ3v) is 2.20. The fraction of sp³-hybridized carbons (Fsp3) is 0.857. The SMILES string of the molecule is NNC1CCOC(N(N)OC(=O)C(F)(F)F)C1. The lowest BCUT2D eigenvalue weighted by atomic mass is 10.1. The van der Waals surface area contributed by atoms with Gasteiger partial charge in [0, 0.05) is 12.5 Å². The van der Waals surface area contributed by atoms with E-state index in [0.29, 0.717) is 6.42 Å². The van der Waals surface area contributed by atoms with Gasteiger partial charge >= 0.3 is 12.1 Å². The number of carbonyl (C=O) groups is 1. The lowest BCUT2D eigenvalue weighted by Gasteiger charge is -2.32. The summed E-state index contributed by atoms with van der Waals surface area (Å²) in [4.78, 5) is 14.4. The van der Waals surface area contributed by atoms with Crippen LogP contribution in [0.2, 0.25) is 0 Å². The molecule has 2 atom stereocenters. The van der Waals surface area contributed by atoms with Crippen molar-refractivity contribution in [3.05, 3.63) is 0 Å². The first-order chi connectivity index (χ1) is 7.84. The number of halogens is 3. The van der Waals surface area contributed by atoms with Crippen molar-refractivity contribution in [2.24, 2.45) is 11.7 Å². The quantitative estimate of drug-likeness (QED) is 0.447. The number of nitrogens with two attached hydrogens (primary N) is 2. The second-order valence-corrected chi connectivity index (χ2v) is 3.45. The van der Waals surface area contributed by atoms with Crippen LogP contribution in [0.25, 0.3) is 0 Å². The van der Waals surface area contributed by atoms with Crippen molar-refractivity contribution in [1.82, 2.24) is 10.6 Å². The molecule has 0 saturated carbocycles. The molecule has 1 saturated heterocycles. The van der Waals surface area contributed by atoms with Gasteiger partial charge in [0.2, 0.25) is 0 Å². The van der Waals surface area contributed by atoms with Crippen molar-refractivity contribution >= 4 is 5.97 Å². The Labute approximate surface area is 94.7 Å². The molecule has 100 valence electrons. The average Bonchev–Trinajstić information content (AvgIpc) is 2.27. The van der Waals surface area contributed by atoms with Gasteiger partial charge in [-0.05, 0) is 11.6 Å². The van der Waals surface area contributed by atoms with Crippen molar-refractivity contribution in [3.63, 3.8) is 0 Å². The van der Waals surface area contributed by atoms with Gasteiger partial charge in [-0.3, -0.25) is 11.3 Å². The number of carbonyl (C=O) groups excluding carboxylic acids is 1. The average molecular weight is 258 g/mol. The molecule has 0 aromatic carbocycles. The van der Waals surface area contributed by atoms with Crippen molar-refractivity contribution < 1.29 is 27.5 Å². The summed E-state index contributed by atoms with van der Waals surface area (Å²) in [6.45, 7) is 0.247. The number of hydrogen-bond donors (Lipinski definition) is 3. The molecule has 1 fully saturated rings. The standard InChI is InChI=1S/C7H13F3N4O3/c8-7(9,10)6(15)17-14(12)5-3-4(13-11)1-2-16-5/h4-5,13H,1-3,11-12H2. The molecule has 0 bridgehead atoms. The molecule has 10 heteroatoms. The normalized spacial score (nSPS) is 26.0. The van der Waals surface area contributed by atoms with E-state index < -0.39 is 18.4 Å². The number of ether oxygens (including phenoxy) is 1. The zero-order chi connectivity index (χ0) is 13.1. The minimum atomic E-state index is -5.10. The molecule has 0 amide bonds. The van der Waals surface area contributed by atoms with Crippen molar-refractivity contribution in [2.45, 2.75) is 31.3 Å². The van der Waals surface area contributed by atoms with Crippen LogP contribution in [0.1, 0.15) is 12.8 Å². The molecule has 1 rings (SSSR count). The van der Waals surface area contributed by atoms with Gasteiger partial charge in [-0.1, -0.05) is 0 Å². The lowest BCUT2D eigenvalue weighted by Crippen LogP contribution is -2.52. The number of nitrogens with one attached hydrogen (secondary N) is 1. The van der Waals surface area contributed by atoms with Gasteiger partial charge < -0.3 is 9.57 Å². The predicted molar refractivity (Wildman–Crippen MR) is 48.3 cm³/mol. The summed E-state index contributed by atoms with van der Waals surface area (Å²) >= 11 is 0. The van der Waals surface area contributed by atoms with Crippen LogP contribution in [-0.4, -0.2) is 36.2 Å². The summed E-state index contributed by atoms with van der Waals surface area (Å²) in [5, 5.41) is 0.249. The van der Waals surface area contributed by atoms with E-state index >= 15 is 0 Å². The fourth-order valence-corrected chi connectivity index (χ4v) is 1.31. The minimum absolute atomic E-state index is 0.163. The zero-order valence-corrected chi connectivity index (χ0v) is 8.74. The van der Waals surface area contributed by atoms with Crippen LogP contribution >= 0.6 is 0 Å². The van der Waals surface area contributed by atoms with E-state index in [1.165, 1.54) is 0 Å². The molecule has 1 aliphatic rings. The molecule has 1 heterocycles. The van der Waals surface area contributed by atoms with Gasteiger partial charge in [-0.2, -0.15) is 13.2 Å². The first-order valence-electron chi connectivity index (χ1n) is 4.75. The Balaban J connectivity index is 2.47. The Kier molecular flexibility index (Phi) is 4.65. The highest BCUT2D eigenvalue weighted by Crippen LogP contribution is 2.20. The smallest absolute Gasteiger partial charge is 0.358 e. The topological polar surface area (TPSA) is 103 Å². The number of hydrogen-bond acceptors (Lipinski definition) is 7. The predicted octanol–water partition coefficient (Wildman–Crippen LogP) is -0.849. The first-order valence-corrected chi connectivity index (χ1v) is 4.75. The number of rotatable bonds is 3. The number of nitrogens with zero attached hydrogens (tertiary/aromatic N) is 1. The highest BCUT2D eigenvalue weighted by Gasteiger charge is 2.43. The van der Waals surface area contributed by atoms with Gasteiger partial charge in [0.25, 0.3) is 0 Å². The summed E-state index contributed by atoms with van der Waals surface area (Å²) in [7, 11) is 0. The molecule has 0 aromatic rings. The minimum Gasteiger partial charge on any atom is -0.358 e. The second-order valence-electron chi connectivity index (χ2n) is 3.45. The van der Waals surface area contributed by atoms with E-state index in [9.17, 15) is 18.0 Å². The van der Waals surface area contributed by atoms with Crippen LogP contribution in [0, 0.1) is 0 Å². The van der Waals surface area contributed by atoms with E-state index in [-0.39, 0.29) is 24.2 Å². The van der Waals surface area contributed by atoms with Crippen molar-refractivity contribution in [2.75, 3.05) is 6.61 Å². The second kappa shape index (κ2) is 5.60. The molecular formula is C7H13F3N4O3. The molecule has 2 unspecified atom stereocenters. The Morgan fingerprint density at radius 3 is 2.71 bits per heavy atom. The van der Waals surface area contributed by atoms with Gasteiger partial charge in [0.1, 0.15) is 0 Å². The molecule has 0 aromatic heterocycles. The maximum Gasteiger partial charge on any atom is 0.492 e. The Hall–Kier alpha value is -0.940. The summed E-state index contributed by atoms with van der Waals surface area (Å²) in [5.74, 6) is 7.95. The van der Waals surface area contributed by atoms with Gasteiger partial charge in [-0.15, -0.1) is 0 Å². The monoisotopic (exact) mass is 258 g/mol. The van der Waals surface area contributed by atoms with E-state index in [1.807, 2.05) is 0 Å². The molecule has 17 heavy (non-hydrogen) atoms. The van der Waals surface area contributed by atoms with E-state index in [4.69, 9.17) is 16.4 Å². The molecular weight excluding hydrogens is 245 g/mol. The van der Waals surface area contributed by atoms with E-state index in [1.54, 1.807) is 0 Å². The third-order valence-electron chi connectivity index (χ3n) is 2.20. The molecule has 1 aliphatic heterocycles. The molecule has 7 nitrogen and oxygen atoms in total. The summed E-state index contributed by atoms with van der Waals surface area (Å²) in [5.41, 5.74) is 2.45. The lowest BCUT2D eigenvalue weighted by molar-refractivity contribution is -0.281. The molecule has 0 radical (unpaired) electrons. The van der Waals surface area contributed by atoms with E-state index in [2.05, 4.69) is 10.3 Å². The highest BCUT2D eigenvalue weighted by atomic mass is 19.4. The molecule has 0 spiro atoms. The number of alkyl halides is 3. The molecule has 5 N–H and O–H groups in total. The van der Waals surface area contributed by atoms with Crippen LogP contribution in [0.4, 0.5) is 13.2 Å². The van der Waals surface area contributed by atoms with Gasteiger partial charge in [0.05, 0.1) is 6.61 Å². The Bertz CT molecular complexity index is 276. The van der Waals surface area contributed by atoms with Gasteiger partial charge in [0.15, 0.2) is 6.23 Å². The number of hydroxylamine groups is 1. The zero-order valence-electron chi connectivity index (χ0n) is 8.74. The van der Waals surface area contributed by atoms with Crippen LogP contribution in [0.15, 0.2) is 0 Å². The van der Waals surface area contributed by atoms with Crippen LogP contribution in [0.3, 0.4) is 0 Å². The fourth-order valence-electron chi connectivity index (χ4n) is 1.31. The highest BCUT2D eigenvalue weighted by molar-refractivity contribution is 5.75. The van der Waals surface area contributed by atoms with Crippen molar-refractivity contribution in [3.8, 4) is 0 Å². The summed E-state index contributed by atoms with van der Waals surface area (Å²) in [6.07, 6.45) is -5.26. The largest absolute Gasteiger partial charge is 0.492 e. The number of hydrazine groups is 2.